The summed E-state index contributed by atoms with van der Waals surface area (Å²) in [7, 11) is 0. The van der Waals surface area contributed by atoms with Gasteiger partial charge in [0.2, 0.25) is 5.91 Å². The van der Waals surface area contributed by atoms with Crippen LogP contribution in [0.15, 0.2) is 89.4 Å². The Morgan fingerprint density at radius 1 is 0.967 bits per heavy atom. The molecule has 30 heavy (non-hydrogen) atoms. The number of piperidine rings is 1. The first kappa shape index (κ1) is 20.8. The lowest BCUT2D eigenvalue weighted by atomic mass is 9.94. The van der Waals surface area contributed by atoms with E-state index in [9.17, 15) is 4.79 Å². The van der Waals surface area contributed by atoms with E-state index in [1.165, 1.54) is 5.56 Å². The summed E-state index contributed by atoms with van der Waals surface area (Å²) in [4.78, 5) is 15.7. The molecular weight excluding hydrogens is 436 g/mol. The van der Waals surface area contributed by atoms with Crippen LogP contribution >= 0.6 is 15.9 Å². The summed E-state index contributed by atoms with van der Waals surface area (Å²) in [5, 5.41) is 3.34. The van der Waals surface area contributed by atoms with E-state index >= 15 is 0 Å². The van der Waals surface area contributed by atoms with Gasteiger partial charge in [0.15, 0.2) is 0 Å². The van der Waals surface area contributed by atoms with Crippen molar-refractivity contribution >= 4 is 21.8 Å². The predicted octanol–water partition coefficient (Wildman–Crippen LogP) is 5.57. The summed E-state index contributed by atoms with van der Waals surface area (Å²) in [5.41, 5.74) is 3.49. The smallest absolute Gasteiger partial charge is 0.225 e. The third kappa shape index (κ3) is 5.38. The van der Waals surface area contributed by atoms with Crippen LogP contribution in [0.2, 0.25) is 0 Å². The first-order valence-electron chi connectivity index (χ1n) is 10.6. The van der Waals surface area contributed by atoms with Crippen molar-refractivity contribution in [1.29, 1.82) is 0 Å². The minimum Gasteiger partial charge on any atom is -0.345 e. The molecule has 1 unspecified atom stereocenters. The second kappa shape index (κ2) is 10.1. The van der Waals surface area contributed by atoms with Crippen LogP contribution in [0.4, 0.5) is 0 Å². The second-order valence-corrected chi connectivity index (χ2v) is 8.88. The number of halogens is 1. The zero-order valence-electron chi connectivity index (χ0n) is 17.0. The molecule has 0 radical (unpaired) electrons. The Kier molecular flexibility index (Phi) is 6.98. The minimum absolute atomic E-state index is 0.0147. The van der Waals surface area contributed by atoms with E-state index < -0.39 is 0 Å². The van der Waals surface area contributed by atoms with Gasteiger partial charge in [0.1, 0.15) is 0 Å². The topological polar surface area (TPSA) is 32.3 Å². The second-order valence-electron chi connectivity index (χ2n) is 7.97. The fraction of sp³-hybridized carbons (Fsp3) is 0.269. The van der Waals surface area contributed by atoms with Gasteiger partial charge < -0.3 is 5.32 Å². The van der Waals surface area contributed by atoms with E-state index in [4.69, 9.17) is 0 Å². The third-order valence-corrected chi connectivity index (χ3v) is 6.22. The molecule has 1 atom stereocenters. The molecule has 1 heterocycles. The SMILES string of the molecule is O=C(NC(c1ccccc1)c1ccccc1)C1CCCN(Cc2cccc(Br)c2)C1. The molecule has 1 saturated heterocycles. The van der Waals surface area contributed by atoms with Crippen LogP contribution in [0.5, 0.6) is 0 Å². The van der Waals surface area contributed by atoms with Crippen LogP contribution in [0.25, 0.3) is 0 Å². The Bertz CT molecular complexity index is 922. The van der Waals surface area contributed by atoms with Crippen molar-refractivity contribution in [2.24, 2.45) is 5.92 Å². The number of nitrogens with zero attached hydrogens (tertiary/aromatic N) is 1. The molecule has 4 rings (SSSR count). The van der Waals surface area contributed by atoms with Gasteiger partial charge in [-0.3, -0.25) is 9.69 Å². The van der Waals surface area contributed by atoms with Crippen molar-refractivity contribution in [1.82, 2.24) is 10.2 Å². The van der Waals surface area contributed by atoms with Gasteiger partial charge in [0.25, 0.3) is 0 Å². The molecule has 1 aliphatic heterocycles. The van der Waals surface area contributed by atoms with Crippen LogP contribution in [-0.2, 0) is 11.3 Å². The monoisotopic (exact) mass is 462 g/mol. The number of amides is 1. The highest BCUT2D eigenvalue weighted by Crippen LogP contribution is 2.25. The molecule has 1 fully saturated rings. The van der Waals surface area contributed by atoms with Gasteiger partial charge in [-0.15, -0.1) is 0 Å². The standard InChI is InChI=1S/C26H27BrN2O/c27-24-15-7-9-20(17-24)18-29-16-8-14-23(19-29)26(30)28-25(21-10-3-1-4-11-21)22-12-5-2-6-13-22/h1-7,9-13,15,17,23,25H,8,14,16,18-19H2,(H,28,30). The highest BCUT2D eigenvalue weighted by molar-refractivity contribution is 9.10. The number of benzene rings is 3. The van der Waals surface area contributed by atoms with E-state index in [-0.39, 0.29) is 17.9 Å². The maximum atomic E-state index is 13.3. The van der Waals surface area contributed by atoms with Crippen molar-refractivity contribution in [3.05, 3.63) is 106 Å². The molecular formula is C26H27BrN2O. The van der Waals surface area contributed by atoms with Crippen molar-refractivity contribution < 1.29 is 4.79 Å². The molecule has 4 heteroatoms. The van der Waals surface area contributed by atoms with Crippen molar-refractivity contribution in [2.45, 2.75) is 25.4 Å². The number of nitrogens with one attached hydrogen (secondary N) is 1. The molecule has 0 aromatic heterocycles. The summed E-state index contributed by atoms with van der Waals surface area (Å²) in [5.74, 6) is 0.160. The van der Waals surface area contributed by atoms with Crippen molar-refractivity contribution in [2.75, 3.05) is 13.1 Å². The molecule has 0 saturated carbocycles. The highest BCUT2D eigenvalue weighted by atomic mass is 79.9. The predicted molar refractivity (Wildman–Crippen MR) is 125 cm³/mol. The van der Waals surface area contributed by atoms with Gasteiger partial charge in [-0.05, 0) is 48.2 Å². The van der Waals surface area contributed by atoms with Gasteiger partial charge in [0, 0.05) is 17.6 Å². The Morgan fingerprint density at radius 2 is 1.63 bits per heavy atom. The lowest BCUT2D eigenvalue weighted by Gasteiger charge is -2.33. The molecule has 3 nitrogen and oxygen atoms in total. The molecule has 3 aromatic rings. The maximum Gasteiger partial charge on any atom is 0.225 e. The summed E-state index contributed by atoms with van der Waals surface area (Å²) >= 11 is 3.55. The highest BCUT2D eigenvalue weighted by Gasteiger charge is 2.28. The fourth-order valence-electron chi connectivity index (χ4n) is 4.22. The zero-order valence-corrected chi connectivity index (χ0v) is 18.6. The lowest BCUT2D eigenvalue weighted by molar-refractivity contribution is -0.127. The summed E-state index contributed by atoms with van der Waals surface area (Å²) in [6, 6.07) is 28.7. The minimum atomic E-state index is -0.125. The quantitative estimate of drug-likeness (QED) is 0.519. The van der Waals surface area contributed by atoms with Crippen LogP contribution in [-0.4, -0.2) is 23.9 Å². The summed E-state index contributed by atoms with van der Waals surface area (Å²) in [6.45, 7) is 2.72. The molecule has 0 aliphatic carbocycles. The Morgan fingerprint density at radius 3 is 2.27 bits per heavy atom. The fourth-order valence-corrected chi connectivity index (χ4v) is 4.66. The molecule has 1 amide bonds. The molecule has 1 aliphatic rings. The number of hydrogen-bond donors (Lipinski definition) is 1. The van der Waals surface area contributed by atoms with E-state index in [1.54, 1.807) is 0 Å². The van der Waals surface area contributed by atoms with E-state index in [2.05, 4.69) is 68.6 Å². The maximum absolute atomic E-state index is 13.3. The van der Waals surface area contributed by atoms with Gasteiger partial charge in [0.05, 0.1) is 12.0 Å². The average molecular weight is 463 g/mol. The zero-order chi connectivity index (χ0) is 20.8. The number of hydrogen-bond acceptors (Lipinski definition) is 2. The van der Waals surface area contributed by atoms with E-state index in [0.29, 0.717) is 0 Å². The average Bonchev–Trinajstić information content (AvgIpc) is 2.79. The first-order chi connectivity index (χ1) is 14.7. The van der Waals surface area contributed by atoms with E-state index in [1.807, 2.05) is 42.5 Å². The van der Waals surface area contributed by atoms with Crippen molar-refractivity contribution in [3.8, 4) is 0 Å². The van der Waals surface area contributed by atoms with Gasteiger partial charge in [-0.2, -0.15) is 0 Å². The number of carbonyl (C=O) groups is 1. The first-order valence-corrected chi connectivity index (χ1v) is 11.4. The summed E-state index contributed by atoms with van der Waals surface area (Å²) < 4.78 is 1.10. The summed E-state index contributed by atoms with van der Waals surface area (Å²) in [6.07, 6.45) is 1.99. The van der Waals surface area contributed by atoms with Gasteiger partial charge >= 0.3 is 0 Å². The number of carbonyl (C=O) groups excluding carboxylic acids is 1. The van der Waals surface area contributed by atoms with Crippen molar-refractivity contribution in [3.63, 3.8) is 0 Å². The van der Waals surface area contributed by atoms with Crippen LogP contribution in [0.1, 0.15) is 35.6 Å². The molecule has 3 aromatic carbocycles. The molecule has 0 spiro atoms. The van der Waals surface area contributed by atoms with Gasteiger partial charge in [-0.25, -0.2) is 0 Å². The Balaban J connectivity index is 1.45. The Labute approximate surface area is 187 Å². The number of rotatable bonds is 6. The Hall–Kier alpha value is -2.43. The molecule has 154 valence electrons. The van der Waals surface area contributed by atoms with Crippen LogP contribution < -0.4 is 5.32 Å². The third-order valence-electron chi connectivity index (χ3n) is 5.72. The van der Waals surface area contributed by atoms with E-state index in [0.717, 1.165) is 48.1 Å². The van der Waals surface area contributed by atoms with Crippen LogP contribution in [0.3, 0.4) is 0 Å². The van der Waals surface area contributed by atoms with Crippen LogP contribution in [0, 0.1) is 5.92 Å². The molecule has 1 N–H and O–H groups in total. The molecule has 0 bridgehead atoms. The normalized spacial score (nSPS) is 17.1. The van der Waals surface area contributed by atoms with Gasteiger partial charge in [-0.1, -0.05) is 88.7 Å². The largest absolute Gasteiger partial charge is 0.345 e. The number of likely N-dealkylation sites (tertiary alicyclic amines) is 1. The lowest BCUT2D eigenvalue weighted by Crippen LogP contribution is -2.43.